The number of aryl methyl sites for hydroxylation is 1. The standard InChI is InChI=1S/C12H13N3O3S/c1-2-15-8-10(7-14-15)11(16)9-19(17,18)12-5-3-4-6-13-12/h3-8H,2,9H2,1H3. The molecule has 0 amide bonds. The lowest BCUT2D eigenvalue weighted by Crippen LogP contribution is -2.17. The number of rotatable bonds is 5. The summed E-state index contributed by atoms with van der Waals surface area (Å²) in [5, 5.41) is 3.85. The van der Waals surface area contributed by atoms with E-state index in [0.717, 1.165) is 0 Å². The van der Waals surface area contributed by atoms with Crippen LogP contribution in [0.25, 0.3) is 0 Å². The minimum Gasteiger partial charge on any atom is -0.293 e. The topological polar surface area (TPSA) is 81.9 Å². The number of aromatic nitrogens is 3. The Morgan fingerprint density at radius 1 is 1.37 bits per heavy atom. The first-order valence-electron chi connectivity index (χ1n) is 5.72. The zero-order chi connectivity index (χ0) is 13.9. The first-order chi connectivity index (χ1) is 9.03. The summed E-state index contributed by atoms with van der Waals surface area (Å²) in [6, 6.07) is 4.56. The number of carbonyl (C=O) groups is 1. The van der Waals surface area contributed by atoms with Crippen molar-refractivity contribution in [1.82, 2.24) is 14.8 Å². The number of Topliss-reactive ketones (excluding diaryl/α,β-unsaturated/α-hetero) is 1. The maximum Gasteiger partial charge on any atom is 0.203 e. The third-order valence-electron chi connectivity index (χ3n) is 2.56. The van der Waals surface area contributed by atoms with E-state index in [1.807, 2.05) is 6.92 Å². The van der Waals surface area contributed by atoms with Crippen molar-refractivity contribution in [3.05, 3.63) is 42.4 Å². The summed E-state index contributed by atoms with van der Waals surface area (Å²) in [7, 11) is -3.70. The average Bonchev–Trinajstić information content (AvgIpc) is 2.88. The minimum atomic E-state index is -3.70. The molecule has 0 aliphatic heterocycles. The van der Waals surface area contributed by atoms with Crippen LogP contribution in [-0.2, 0) is 16.4 Å². The number of ketones is 1. The average molecular weight is 279 g/mol. The summed E-state index contributed by atoms with van der Waals surface area (Å²) in [6.07, 6.45) is 4.29. The Labute approximate surface area is 111 Å². The van der Waals surface area contributed by atoms with E-state index in [4.69, 9.17) is 0 Å². The Balaban J connectivity index is 2.19. The SMILES string of the molecule is CCn1cc(C(=O)CS(=O)(=O)c2ccccn2)cn1. The van der Waals surface area contributed by atoms with E-state index in [1.54, 1.807) is 16.8 Å². The maximum absolute atomic E-state index is 12.0. The van der Waals surface area contributed by atoms with Crippen molar-refractivity contribution in [2.75, 3.05) is 5.75 Å². The van der Waals surface area contributed by atoms with E-state index < -0.39 is 21.4 Å². The molecule has 0 bridgehead atoms. The summed E-state index contributed by atoms with van der Waals surface area (Å²) in [5.41, 5.74) is 0.293. The van der Waals surface area contributed by atoms with Crippen molar-refractivity contribution in [3.63, 3.8) is 0 Å². The van der Waals surface area contributed by atoms with Crippen LogP contribution in [0.3, 0.4) is 0 Å². The van der Waals surface area contributed by atoms with Crippen molar-refractivity contribution in [3.8, 4) is 0 Å². The lowest BCUT2D eigenvalue weighted by Gasteiger charge is -2.01. The number of hydrogen-bond donors (Lipinski definition) is 0. The maximum atomic E-state index is 12.0. The summed E-state index contributed by atoms with van der Waals surface area (Å²) in [4.78, 5) is 15.7. The predicted octanol–water partition coefficient (Wildman–Crippen LogP) is 0.955. The van der Waals surface area contributed by atoms with Crippen LogP contribution in [0.1, 0.15) is 17.3 Å². The van der Waals surface area contributed by atoms with Crippen LogP contribution in [0.15, 0.2) is 41.8 Å². The number of sulfone groups is 1. The smallest absolute Gasteiger partial charge is 0.203 e. The van der Waals surface area contributed by atoms with E-state index in [9.17, 15) is 13.2 Å². The molecule has 0 aliphatic rings. The lowest BCUT2D eigenvalue weighted by atomic mass is 10.3. The van der Waals surface area contributed by atoms with Gasteiger partial charge in [0.1, 0.15) is 5.75 Å². The molecule has 2 heterocycles. The molecule has 0 aliphatic carbocycles. The zero-order valence-electron chi connectivity index (χ0n) is 10.4. The van der Waals surface area contributed by atoms with Crippen molar-refractivity contribution < 1.29 is 13.2 Å². The highest BCUT2D eigenvalue weighted by molar-refractivity contribution is 7.92. The Bertz CT molecular complexity index is 677. The molecule has 0 unspecified atom stereocenters. The summed E-state index contributed by atoms with van der Waals surface area (Å²) < 4.78 is 25.5. The Kier molecular flexibility index (Phi) is 3.75. The van der Waals surface area contributed by atoms with Crippen LogP contribution in [0.5, 0.6) is 0 Å². The second-order valence-electron chi connectivity index (χ2n) is 3.93. The van der Waals surface area contributed by atoms with Gasteiger partial charge in [0.2, 0.25) is 9.84 Å². The lowest BCUT2D eigenvalue weighted by molar-refractivity contribution is 0.102. The van der Waals surface area contributed by atoms with Crippen molar-refractivity contribution in [1.29, 1.82) is 0 Å². The van der Waals surface area contributed by atoms with Crippen molar-refractivity contribution >= 4 is 15.6 Å². The van der Waals surface area contributed by atoms with Crippen molar-refractivity contribution in [2.45, 2.75) is 18.5 Å². The largest absolute Gasteiger partial charge is 0.293 e. The molecule has 100 valence electrons. The van der Waals surface area contributed by atoms with Gasteiger partial charge in [0.25, 0.3) is 0 Å². The third kappa shape index (κ3) is 3.05. The molecule has 0 saturated heterocycles. The Hall–Kier alpha value is -2.02. The molecule has 0 saturated carbocycles. The van der Waals surface area contributed by atoms with Gasteiger partial charge in [0.05, 0.1) is 11.8 Å². The van der Waals surface area contributed by atoms with Crippen LogP contribution in [0.4, 0.5) is 0 Å². The van der Waals surface area contributed by atoms with E-state index in [-0.39, 0.29) is 5.03 Å². The van der Waals surface area contributed by atoms with Gasteiger partial charge < -0.3 is 0 Å². The van der Waals surface area contributed by atoms with Crippen LogP contribution >= 0.6 is 0 Å². The molecule has 0 aromatic carbocycles. The number of carbonyl (C=O) groups excluding carboxylic acids is 1. The molecule has 0 fully saturated rings. The number of hydrogen-bond acceptors (Lipinski definition) is 5. The van der Waals surface area contributed by atoms with E-state index in [1.165, 1.54) is 24.7 Å². The highest BCUT2D eigenvalue weighted by atomic mass is 32.2. The first kappa shape index (κ1) is 13.4. The van der Waals surface area contributed by atoms with Crippen LogP contribution in [0.2, 0.25) is 0 Å². The zero-order valence-corrected chi connectivity index (χ0v) is 11.2. The first-order valence-corrected chi connectivity index (χ1v) is 7.37. The summed E-state index contributed by atoms with van der Waals surface area (Å²) in [6.45, 7) is 2.51. The fraction of sp³-hybridized carbons (Fsp3) is 0.250. The van der Waals surface area contributed by atoms with Crippen LogP contribution in [-0.4, -0.2) is 34.7 Å². The van der Waals surface area contributed by atoms with E-state index in [2.05, 4.69) is 10.1 Å². The molecule has 19 heavy (non-hydrogen) atoms. The quantitative estimate of drug-likeness (QED) is 0.761. The molecular formula is C12H13N3O3S. The van der Waals surface area contributed by atoms with Gasteiger partial charge in [-0.1, -0.05) is 6.07 Å². The fourth-order valence-electron chi connectivity index (χ4n) is 1.54. The van der Waals surface area contributed by atoms with Gasteiger partial charge in [-0.2, -0.15) is 5.10 Å². The summed E-state index contributed by atoms with van der Waals surface area (Å²) in [5.74, 6) is -1.08. The summed E-state index contributed by atoms with van der Waals surface area (Å²) >= 11 is 0. The second-order valence-corrected chi connectivity index (χ2v) is 5.87. The highest BCUT2D eigenvalue weighted by Gasteiger charge is 2.22. The van der Waals surface area contributed by atoms with Gasteiger partial charge in [-0.05, 0) is 19.1 Å². The van der Waals surface area contributed by atoms with Gasteiger partial charge in [-0.15, -0.1) is 0 Å². The second kappa shape index (κ2) is 5.31. The van der Waals surface area contributed by atoms with Crippen molar-refractivity contribution in [2.24, 2.45) is 0 Å². The van der Waals surface area contributed by atoms with E-state index in [0.29, 0.717) is 12.1 Å². The fourth-order valence-corrected chi connectivity index (χ4v) is 2.71. The predicted molar refractivity (Wildman–Crippen MR) is 68.5 cm³/mol. The molecule has 0 spiro atoms. The molecule has 0 radical (unpaired) electrons. The van der Waals surface area contributed by atoms with E-state index >= 15 is 0 Å². The Morgan fingerprint density at radius 2 is 2.16 bits per heavy atom. The minimum absolute atomic E-state index is 0.0915. The molecule has 6 nitrogen and oxygen atoms in total. The normalized spacial score (nSPS) is 11.4. The monoisotopic (exact) mass is 279 g/mol. The number of pyridine rings is 1. The molecule has 0 N–H and O–H groups in total. The Morgan fingerprint density at radius 3 is 2.74 bits per heavy atom. The molecule has 7 heteroatoms. The van der Waals surface area contributed by atoms with Crippen LogP contribution in [0, 0.1) is 0 Å². The van der Waals surface area contributed by atoms with Gasteiger partial charge in [0.15, 0.2) is 10.8 Å². The molecule has 0 atom stereocenters. The molecule has 2 aromatic rings. The highest BCUT2D eigenvalue weighted by Crippen LogP contribution is 2.09. The molecule has 2 rings (SSSR count). The van der Waals surface area contributed by atoms with Gasteiger partial charge in [0, 0.05) is 18.9 Å². The molecular weight excluding hydrogens is 266 g/mol. The van der Waals surface area contributed by atoms with Crippen LogP contribution < -0.4 is 0 Å². The molecule has 2 aromatic heterocycles. The number of nitrogens with zero attached hydrogens (tertiary/aromatic N) is 3. The van der Waals surface area contributed by atoms with Gasteiger partial charge >= 0.3 is 0 Å². The van der Waals surface area contributed by atoms with Gasteiger partial charge in [-0.25, -0.2) is 13.4 Å². The third-order valence-corrected chi connectivity index (χ3v) is 4.08. The van der Waals surface area contributed by atoms with Gasteiger partial charge in [-0.3, -0.25) is 9.48 Å².